The third-order valence-electron chi connectivity index (χ3n) is 4.09. The van der Waals surface area contributed by atoms with Crippen LogP contribution in [0.2, 0.25) is 0 Å². The van der Waals surface area contributed by atoms with Crippen molar-refractivity contribution in [3.8, 4) is 0 Å². The van der Waals surface area contributed by atoms with E-state index in [2.05, 4.69) is 34.0 Å². The summed E-state index contributed by atoms with van der Waals surface area (Å²) in [5, 5.41) is 6.11. The van der Waals surface area contributed by atoms with Gasteiger partial charge in [-0.1, -0.05) is 0 Å². The molecule has 0 saturated carbocycles. The molecule has 1 aliphatic rings. The van der Waals surface area contributed by atoms with Crippen LogP contribution < -0.4 is 5.32 Å². The van der Waals surface area contributed by atoms with Crippen LogP contribution in [0.4, 0.5) is 10.9 Å². The van der Waals surface area contributed by atoms with Crippen LogP contribution in [0.5, 0.6) is 0 Å². The Hall–Kier alpha value is -1.53. The Morgan fingerprint density at radius 3 is 2.95 bits per heavy atom. The van der Waals surface area contributed by atoms with Gasteiger partial charge in [0.05, 0.1) is 0 Å². The zero-order chi connectivity index (χ0) is 15.5. The average Bonchev–Trinajstić information content (AvgIpc) is 2.99. The van der Waals surface area contributed by atoms with Crippen molar-refractivity contribution in [1.82, 2.24) is 19.9 Å². The molecule has 1 atom stereocenters. The minimum absolute atomic E-state index is 0.424. The van der Waals surface area contributed by atoms with Crippen LogP contribution in [0.1, 0.15) is 44.1 Å². The lowest BCUT2D eigenvalue weighted by atomic mass is 9.96. The zero-order valence-electron chi connectivity index (χ0n) is 13.4. The maximum Gasteiger partial charge on any atom is 0.188 e. The molecule has 22 heavy (non-hydrogen) atoms. The molecule has 3 rings (SSSR count). The highest BCUT2D eigenvalue weighted by atomic mass is 32.1. The van der Waals surface area contributed by atoms with Crippen LogP contribution in [-0.2, 0) is 0 Å². The molecular formula is C16H23N5S. The Kier molecular flexibility index (Phi) is 4.69. The Labute approximate surface area is 135 Å². The molecule has 1 saturated heterocycles. The van der Waals surface area contributed by atoms with E-state index in [0.29, 0.717) is 12.0 Å². The van der Waals surface area contributed by atoms with Crippen molar-refractivity contribution >= 4 is 22.3 Å². The summed E-state index contributed by atoms with van der Waals surface area (Å²) in [6.07, 6.45) is 4.18. The second kappa shape index (κ2) is 6.71. The van der Waals surface area contributed by atoms with Crippen molar-refractivity contribution in [2.24, 2.45) is 0 Å². The number of nitrogens with zero attached hydrogens (tertiary/aromatic N) is 4. The summed E-state index contributed by atoms with van der Waals surface area (Å²) in [5.41, 5.74) is 1.01. The molecule has 0 amide bonds. The number of aryl methyl sites for hydroxylation is 1. The molecule has 0 spiro atoms. The topological polar surface area (TPSA) is 53.9 Å². The Balaban J connectivity index is 1.79. The fourth-order valence-electron chi connectivity index (χ4n) is 2.92. The summed E-state index contributed by atoms with van der Waals surface area (Å²) in [7, 11) is 0. The molecule has 118 valence electrons. The van der Waals surface area contributed by atoms with E-state index >= 15 is 0 Å². The van der Waals surface area contributed by atoms with Crippen molar-refractivity contribution in [2.45, 2.75) is 45.6 Å². The number of hydrogen-bond donors (Lipinski definition) is 1. The van der Waals surface area contributed by atoms with E-state index < -0.39 is 0 Å². The van der Waals surface area contributed by atoms with Crippen LogP contribution in [0.3, 0.4) is 0 Å². The van der Waals surface area contributed by atoms with Gasteiger partial charge in [-0.05, 0) is 40.2 Å². The number of rotatable bonds is 4. The average molecular weight is 317 g/mol. The molecule has 0 radical (unpaired) electrons. The van der Waals surface area contributed by atoms with E-state index in [1.165, 1.54) is 19.4 Å². The first-order chi connectivity index (χ1) is 10.6. The highest BCUT2D eigenvalue weighted by Crippen LogP contribution is 2.27. The molecule has 0 bridgehead atoms. The summed E-state index contributed by atoms with van der Waals surface area (Å²) < 4.78 is 0. The first-order valence-corrected chi connectivity index (χ1v) is 8.76. The lowest BCUT2D eigenvalue weighted by molar-refractivity contribution is 0.165. The van der Waals surface area contributed by atoms with Gasteiger partial charge in [-0.3, -0.25) is 0 Å². The molecule has 3 heterocycles. The monoisotopic (exact) mass is 317 g/mol. The van der Waals surface area contributed by atoms with Crippen molar-refractivity contribution < 1.29 is 0 Å². The quantitative estimate of drug-likeness (QED) is 0.934. The van der Waals surface area contributed by atoms with Gasteiger partial charge in [0.1, 0.15) is 11.6 Å². The third-order valence-corrected chi connectivity index (χ3v) is 4.78. The Bertz CT molecular complexity index is 611. The minimum atomic E-state index is 0.424. The molecule has 1 fully saturated rings. The van der Waals surface area contributed by atoms with Gasteiger partial charge in [0, 0.05) is 41.8 Å². The van der Waals surface area contributed by atoms with Crippen molar-refractivity contribution in [3.05, 3.63) is 29.2 Å². The van der Waals surface area contributed by atoms with Crippen LogP contribution >= 0.6 is 11.3 Å². The first-order valence-electron chi connectivity index (χ1n) is 7.88. The molecule has 5 nitrogen and oxygen atoms in total. The summed E-state index contributed by atoms with van der Waals surface area (Å²) in [6, 6.07) is 2.56. The van der Waals surface area contributed by atoms with E-state index in [9.17, 15) is 0 Å². The fraction of sp³-hybridized carbons (Fsp3) is 0.562. The smallest absolute Gasteiger partial charge is 0.188 e. The molecule has 1 unspecified atom stereocenters. The zero-order valence-corrected chi connectivity index (χ0v) is 14.2. The largest absolute Gasteiger partial charge is 0.316 e. The van der Waals surface area contributed by atoms with Gasteiger partial charge >= 0.3 is 0 Å². The molecule has 0 aromatic carbocycles. The number of piperidine rings is 1. The van der Waals surface area contributed by atoms with Crippen molar-refractivity contribution in [3.63, 3.8) is 0 Å². The first kappa shape index (κ1) is 15.4. The van der Waals surface area contributed by atoms with Crippen LogP contribution in [-0.4, -0.2) is 39.0 Å². The fourth-order valence-corrected chi connectivity index (χ4v) is 3.45. The predicted molar refractivity (Wildman–Crippen MR) is 90.8 cm³/mol. The van der Waals surface area contributed by atoms with E-state index in [-0.39, 0.29) is 0 Å². The summed E-state index contributed by atoms with van der Waals surface area (Å²) in [6.45, 7) is 8.78. The molecule has 1 aliphatic heterocycles. The number of hydrogen-bond acceptors (Lipinski definition) is 6. The van der Waals surface area contributed by atoms with Crippen molar-refractivity contribution in [2.75, 3.05) is 18.4 Å². The second-order valence-electron chi connectivity index (χ2n) is 6.14. The van der Waals surface area contributed by atoms with E-state index in [0.717, 1.165) is 29.0 Å². The number of likely N-dealkylation sites (tertiary alicyclic amines) is 1. The molecule has 2 aromatic heterocycles. The summed E-state index contributed by atoms with van der Waals surface area (Å²) >= 11 is 1.58. The normalized spacial score (nSPS) is 19.5. The molecular weight excluding hydrogens is 294 g/mol. The molecule has 0 aliphatic carbocycles. The number of thiazole rings is 1. The SMILES string of the molecule is Cc1cc(Nc2nccs2)nc(C2CCCN(C(C)C)C2)n1. The van der Waals surface area contributed by atoms with Gasteiger partial charge in [0.2, 0.25) is 0 Å². The van der Waals surface area contributed by atoms with E-state index in [1.54, 1.807) is 17.5 Å². The lowest BCUT2D eigenvalue weighted by Crippen LogP contribution is -2.39. The van der Waals surface area contributed by atoms with Gasteiger partial charge in [0.25, 0.3) is 0 Å². The van der Waals surface area contributed by atoms with Crippen LogP contribution in [0, 0.1) is 6.92 Å². The standard InChI is InChI=1S/C16H23N5S/c1-11(2)21-7-4-5-13(10-21)15-18-12(3)9-14(19-15)20-16-17-6-8-22-16/h6,8-9,11,13H,4-5,7,10H2,1-3H3,(H,17,18,19,20). The molecule has 2 aromatic rings. The van der Waals surface area contributed by atoms with Crippen LogP contribution in [0.15, 0.2) is 17.6 Å². The van der Waals surface area contributed by atoms with E-state index in [4.69, 9.17) is 4.98 Å². The maximum atomic E-state index is 4.74. The summed E-state index contributed by atoms with van der Waals surface area (Å²) in [4.78, 5) is 16.2. The number of nitrogens with one attached hydrogen (secondary N) is 1. The van der Waals surface area contributed by atoms with Gasteiger partial charge in [0.15, 0.2) is 5.13 Å². The highest BCUT2D eigenvalue weighted by molar-refractivity contribution is 7.13. The summed E-state index contributed by atoms with van der Waals surface area (Å²) in [5.74, 6) is 2.23. The predicted octanol–water partition coefficient (Wildman–Crippen LogP) is 3.57. The Morgan fingerprint density at radius 1 is 1.36 bits per heavy atom. The number of aromatic nitrogens is 3. The second-order valence-corrected chi connectivity index (χ2v) is 7.04. The molecule has 6 heteroatoms. The molecule has 1 N–H and O–H groups in total. The lowest BCUT2D eigenvalue weighted by Gasteiger charge is -2.34. The van der Waals surface area contributed by atoms with Crippen molar-refractivity contribution in [1.29, 1.82) is 0 Å². The van der Waals surface area contributed by atoms with Gasteiger partial charge < -0.3 is 10.2 Å². The highest BCUT2D eigenvalue weighted by Gasteiger charge is 2.25. The van der Waals surface area contributed by atoms with Crippen LogP contribution in [0.25, 0.3) is 0 Å². The third kappa shape index (κ3) is 3.62. The van der Waals surface area contributed by atoms with Gasteiger partial charge in [-0.25, -0.2) is 15.0 Å². The van der Waals surface area contributed by atoms with E-state index in [1.807, 2.05) is 18.4 Å². The number of anilines is 2. The maximum absolute atomic E-state index is 4.74. The minimum Gasteiger partial charge on any atom is -0.316 e. The van der Waals surface area contributed by atoms with Gasteiger partial charge in [-0.15, -0.1) is 11.3 Å². The van der Waals surface area contributed by atoms with Gasteiger partial charge in [-0.2, -0.15) is 0 Å². The Morgan fingerprint density at radius 2 is 2.23 bits per heavy atom.